The van der Waals surface area contributed by atoms with E-state index in [-0.39, 0.29) is 25.7 Å². The molecule has 0 rings (SSSR count). The van der Waals surface area contributed by atoms with Gasteiger partial charge in [0.2, 0.25) is 0 Å². The number of phosphoric ester groups is 2. The molecule has 0 radical (unpaired) electrons. The standard InChI is InChI=1S/C71H138O17P2/c1-8-10-11-35-45-52-68(73)81-58-66(87-71(76)55-48-41-34-28-22-24-30-37-43-50-63(5)6)60-85-89(77,78)83-56-65(72)57-84-90(79,80)86-61-67(59-82-69(74)53-46-39-32-26-21-20-25-31-38-44-51-64(7)9-2)88-70(75)54-47-40-33-27-19-17-15-13-12-14-16-18-23-29-36-42-49-62(3)4/h62-67,72H,8-61H2,1-7H3,(H,77,78)(H,79,80)/t64?,65-,66+,67+/m0/s1. The molecule has 0 aromatic rings. The van der Waals surface area contributed by atoms with Crippen LogP contribution in [0.1, 0.15) is 357 Å². The van der Waals surface area contributed by atoms with Crippen molar-refractivity contribution in [2.24, 2.45) is 17.8 Å². The molecule has 534 valence electrons. The molecule has 0 saturated carbocycles. The second kappa shape index (κ2) is 61.9. The first-order valence-corrected chi connectivity index (χ1v) is 39.9. The Bertz CT molecular complexity index is 1770. The molecular formula is C71H138O17P2. The molecular weight excluding hydrogens is 1190 g/mol. The zero-order valence-electron chi connectivity index (χ0n) is 58.6. The van der Waals surface area contributed by atoms with Gasteiger partial charge in [-0.15, -0.1) is 0 Å². The van der Waals surface area contributed by atoms with Crippen molar-refractivity contribution in [3.8, 4) is 0 Å². The summed E-state index contributed by atoms with van der Waals surface area (Å²) in [6.45, 7) is 11.8. The third kappa shape index (κ3) is 63.5. The van der Waals surface area contributed by atoms with E-state index in [0.29, 0.717) is 25.7 Å². The van der Waals surface area contributed by atoms with Gasteiger partial charge in [-0.1, -0.05) is 305 Å². The summed E-state index contributed by atoms with van der Waals surface area (Å²) in [4.78, 5) is 72.3. The third-order valence-corrected chi connectivity index (χ3v) is 18.6. The summed E-state index contributed by atoms with van der Waals surface area (Å²) < 4.78 is 68.1. The van der Waals surface area contributed by atoms with Crippen molar-refractivity contribution >= 4 is 39.5 Å². The number of phosphoric acid groups is 2. The van der Waals surface area contributed by atoms with E-state index in [1.54, 1.807) is 0 Å². The Morgan fingerprint density at radius 2 is 0.567 bits per heavy atom. The van der Waals surface area contributed by atoms with Gasteiger partial charge in [-0.05, 0) is 43.4 Å². The first-order valence-electron chi connectivity index (χ1n) is 36.9. The van der Waals surface area contributed by atoms with Crippen molar-refractivity contribution in [3.05, 3.63) is 0 Å². The van der Waals surface area contributed by atoms with Crippen molar-refractivity contribution in [3.63, 3.8) is 0 Å². The monoisotopic (exact) mass is 1320 g/mol. The van der Waals surface area contributed by atoms with Crippen molar-refractivity contribution in [1.29, 1.82) is 0 Å². The van der Waals surface area contributed by atoms with E-state index >= 15 is 0 Å². The molecule has 3 N–H and O–H groups in total. The molecule has 17 nitrogen and oxygen atoms in total. The van der Waals surface area contributed by atoms with E-state index in [9.17, 15) is 43.2 Å². The molecule has 0 saturated heterocycles. The Hall–Kier alpha value is -1.94. The number of aliphatic hydroxyl groups is 1. The Kier molecular flexibility index (Phi) is 60.6. The largest absolute Gasteiger partial charge is 0.472 e. The van der Waals surface area contributed by atoms with Crippen LogP contribution in [0, 0.1) is 17.8 Å². The van der Waals surface area contributed by atoms with Gasteiger partial charge in [-0.2, -0.15) is 0 Å². The summed E-state index contributed by atoms with van der Waals surface area (Å²) in [5.41, 5.74) is 0. The van der Waals surface area contributed by atoms with E-state index < -0.39 is 97.5 Å². The van der Waals surface area contributed by atoms with Crippen LogP contribution in [0.2, 0.25) is 0 Å². The topological polar surface area (TPSA) is 237 Å². The van der Waals surface area contributed by atoms with Gasteiger partial charge >= 0.3 is 39.5 Å². The molecule has 0 aliphatic rings. The first-order chi connectivity index (χ1) is 43.3. The Morgan fingerprint density at radius 3 is 0.844 bits per heavy atom. The minimum Gasteiger partial charge on any atom is -0.462 e. The molecule has 0 fully saturated rings. The number of hydrogen-bond acceptors (Lipinski definition) is 15. The summed E-state index contributed by atoms with van der Waals surface area (Å²) in [5.74, 6) is 0.219. The molecule has 0 spiro atoms. The number of unbranched alkanes of at least 4 members (excludes halogenated alkanes) is 36. The molecule has 0 heterocycles. The van der Waals surface area contributed by atoms with Crippen LogP contribution < -0.4 is 0 Å². The fourth-order valence-corrected chi connectivity index (χ4v) is 12.3. The minimum absolute atomic E-state index is 0.104. The lowest BCUT2D eigenvalue weighted by Gasteiger charge is -2.21. The van der Waals surface area contributed by atoms with Gasteiger partial charge < -0.3 is 33.8 Å². The highest BCUT2D eigenvalue weighted by Gasteiger charge is 2.30. The van der Waals surface area contributed by atoms with Crippen molar-refractivity contribution in [2.45, 2.75) is 375 Å². The molecule has 0 amide bonds. The van der Waals surface area contributed by atoms with Crippen LogP contribution in [0.3, 0.4) is 0 Å². The van der Waals surface area contributed by atoms with Crippen LogP contribution in [0.25, 0.3) is 0 Å². The predicted molar refractivity (Wildman–Crippen MR) is 363 cm³/mol. The van der Waals surface area contributed by atoms with Gasteiger partial charge in [-0.25, -0.2) is 9.13 Å². The van der Waals surface area contributed by atoms with Crippen molar-refractivity contribution in [2.75, 3.05) is 39.6 Å². The van der Waals surface area contributed by atoms with Crippen LogP contribution in [-0.4, -0.2) is 96.7 Å². The zero-order valence-corrected chi connectivity index (χ0v) is 60.4. The fraction of sp³-hybridized carbons (Fsp3) is 0.944. The smallest absolute Gasteiger partial charge is 0.462 e. The molecule has 0 bridgehead atoms. The van der Waals surface area contributed by atoms with Crippen molar-refractivity contribution in [1.82, 2.24) is 0 Å². The SMILES string of the molecule is CCCCCCCC(=O)OC[C@H](COP(=O)(O)OC[C@H](O)COP(=O)(O)OC[C@@H](COC(=O)CCCCCCCCCCCCC(C)CC)OC(=O)CCCCCCCCCCCCCCCCCCC(C)C)OC(=O)CCCCCCCCCCCC(C)C. The minimum atomic E-state index is -4.95. The lowest BCUT2D eigenvalue weighted by molar-refractivity contribution is -0.161. The van der Waals surface area contributed by atoms with Gasteiger partial charge in [0.25, 0.3) is 0 Å². The Labute approximate surface area is 549 Å². The number of aliphatic hydroxyl groups excluding tert-OH is 1. The number of hydrogen-bond donors (Lipinski definition) is 3. The van der Waals surface area contributed by atoms with Gasteiger partial charge in [0.05, 0.1) is 26.4 Å². The van der Waals surface area contributed by atoms with Crippen LogP contribution in [0.4, 0.5) is 0 Å². The predicted octanol–water partition coefficient (Wildman–Crippen LogP) is 20.2. The van der Waals surface area contributed by atoms with Crippen LogP contribution in [-0.2, 0) is 65.4 Å². The van der Waals surface area contributed by atoms with Gasteiger partial charge in [-0.3, -0.25) is 37.3 Å². The molecule has 0 aromatic heterocycles. The lowest BCUT2D eigenvalue weighted by Crippen LogP contribution is -2.30. The summed E-state index contributed by atoms with van der Waals surface area (Å²) in [6, 6.07) is 0. The van der Waals surface area contributed by atoms with Crippen molar-refractivity contribution < 1.29 is 80.2 Å². The average molecular weight is 1330 g/mol. The quantitative estimate of drug-likeness (QED) is 0.0222. The number of rotatable bonds is 69. The van der Waals surface area contributed by atoms with Crippen LogP contribution >= 0.6 is 15.6 Å². The molecule has 0 aliphatic heterocycles. The summed E-state index contributed by atoms with van der Waals surface area (Å²) >= 11 is 0. The number of carbonyl (C=O) groups is 4. The molecule has 0 aromatic carbocycles. The van der Waals surface area contributed by atoms with Gasteiger partial charge in [0, 0.05) is 25.7 Å². The number of esters is 4. The number of ether oxygens (including phenoxy) is 4. The van der Waals surface area contributed by atoms with E-state index in [4.69, 9.17) is 37.0 Å². The Balaban J connectivity index is 5.15. The van der Waals surface area contributed by atoms with E-state index in [1.165, 1.54) is 161 Å². The second-order valence-electron chi connectivity index (χ2n) is 26.8. The highest BCUT2D eigenvalue weighted by molar-refractivity contribution is 7.47. The highest BCUT2D eigenvalue weighted by Crippen LogP contribution is 2.45. The molecule has 90 heavy (non-hydrogen) atoms. The highest BCUT2D eigenvalue weighted by atomic mass is 31.2. The van der Waals surface area contributed by atoms with E-state index in [2.05, 4.69) is 48.5 Å². The summed E-state index contributed by atoms with van der Waals surface area (Å²) in [6.07, 6.45) is 46.2. The van der Waals surface area contributed by atoms with Crippen LogP contribution in [0.5, 0.6) is 0 Å². The Morgan fingerprint density at radius 1 is 0.322 bits per heavy atom. The maximum Gasteiger partial charge on any atom is 0.472 e. The lowest BCUT2D eigenvalue weighted by atomic mass is 9.99. The maximum absolute atomic E-state index is 13.0. The van der Waals surface area contributed by atoms with Gasteiger partial charge in [0.15, 0.2) is 12.2 Å². The van der Waals surface area contributed by atoms with E-state index in [1.807, 2.05) is 0 Å². The van der Waals surface area contributed by atoms with E-state index in [0.717, 1.165) is 114 Å². The molecule has 3 unspecified atom stereocenters. The third-order valence-electron chi connectivity index (χ3n) is 16.7. The second-order valence-corrected chi connectivity index (χ2v) is 29.7. The normalized spacial score (nSPS) is 14.5. The van der Waals surface area contributed by atoms with Gasteiger partial charge in [0.1, 0.15) is 19.3 Å². The first kappa shape index (κ1) is 88.1. The van der Waals surface area contributed by atoms with Crippen LogP contribution in [0.15, 0.2) is 0 Å². The zero-order chi connectivity index (χ0) is 66.6. The summed E-state index contributed by atoms with van der Waals surface area (Å²) in [7, 11) is -9.89. The molecule has 6 atom stereocenters. The average Bonchev–Trinajstić information content (AvgIpc) is 3.71. The number of carbonyl (C=O) groups excluding carboxylic acids is 4. The maximum atomic E-state index is 13.0. The molecule has 19 heteroatoms. The fourth-order valence-electron chi connectivity index (χ4n) is 10.7. The molecule has 0 aliphatic carbocycles. The summed E-state index contributed by atoms with van der Waals surface area (Å²) in [5, 5.41) is 10.6.